The molecule has 16 heavy (non-hydrogen) atoms. The fourth-order valence-electron chi connectivity index (χ4n) is 1.38. The molecule has 0 aliphatic heterocycles. The summed E-state index contributed by atoms with van der Waals surface area (Å²) in [4.78, 5) is 0. The molecule has 0 radical (unpaired) electrons. The van der Waals surface area contributed by atoms with Crippen LogP contribution in [0, 0.1) is 3.57 Å². The van der Waals surface area contributed by atoms with Gasteiger partial charge in [-0.2, -0.15) is 0 Å². The van der Waals surface area contributed by atoms with E-state index in [0.717, 1.165) is 19.6 Å². The minimum Gasteiger partial charge on any atom is -0.311 e. The van der Waals surface area contributed by atoms with E-state index in [4.69, 9.17) is 0 Å². The van der Waals surface area contributed by atoms with Crippen molar-refractivity contribution in [3.05, 3.63) is 45.8 Å². The van der Waals surface area contributed by atoms with Gasteiger partial charge >= 0.3 is 0 Å². The van der Waals surface area contributed by atoms with Crippen molar-refractivity contribution < 1.29 is 0 Å². The molecule has 2 aromatic rings. The van der Waals surface area contributed by atoms with Gasteiger partial charge in [-0.1, -0.05) is 17.3 Å². The maximum Gasteiger partial charge on any atom is 0.0692 e. The summed E-state index contributed by atoms with van der Waals surface area (Å²) in [7, 11) is 0. The van der Waals surface area contributed by atoms with Gasteiger partial charge in [-0.3, -0.25) is 4.68 Å². The van der Waals surface area contributed by atoms with Gasteiger partial charge in [0.2, 0.25) is 0 Å². The van der Waals surface area contributed by atoms with Gasteiger partial charge in [-0.25, -0.2) is 0 Å². The number of rotatable bonds is 5. The van der Waals surface area contributed by atoms with Crippen LogP contribution in [0.2, 0.25) is 0 Å². The molecule has 2 rings (SSSR count). The minimum atomic E-state index is 0.852. The first-order valence-electron chi connectivity index (χ1n) is 5.14. The van der Waals surface area contributed by atoms with Gasteiger partial charge in [0.1, 0.15) is 0 Å². The Kier molecular flexibility index (Phi) is 4.29. The van der Waals surface area contributed by atoms with Crippen molar-refractivity contribution in [1.29, 1.82) is 0 Å². The lowest BCUT2D eigenvalue weighted by molar-refractivity contribution is 0.540. The Hall–Kier alpha value is -0.950. The molecule has 0 aliphatic carbocycles. The van der Waals surface area contributed by atoms with E-state index < -0.39 is 0 Å². The van der Waals surface area contributed by atoms with E-state index in [0.29, 0.717) is 0 Å². The van der Waals surface area contributed by atoms with E-state index in [-0.39, 0.29) is 0 Å². The molecular formula is C11H13IN4. The van der Waals surface area contributed by atoms with Crippen LogP contribution in [0.15, 0.2) is 36.7 Å². The fraction of sp³-hybridized carbons (Fsp3) is 0.273. The molecule has 5 heteroatoms. The number of hydrogen-bond acceptors (Lipinski definition) is 3. The van der Waals surface area contributed by atoms with E-state index in [1.807, 2.05) is 10.9 Å². The van der Waals surface area contributed by atoms with E-state index in [2.05, 4.69) is 62.5 Å². The highest BCUT2D eigenvalue weighted by molar-refractivity contribution is 14.1. The Morgan fingerprint density at radius 3 is 2.75 bits per heavy atom. The third-order valence-electron chi connectivity index (χ3n) is 2.23. The van der Waals surface area contributed by atoms with Crippen LogP contribution in [0.25, 0.3) is 0 Å². The molecule has 0 saturated heterocycles. The summed E-state index contributed by atoms with van der Waals surface area (Å²) in [5.74, 6) is 0. The Balaban J connectivity index is 1.70. The van der Waals surface area contributed by atoms with E-state index in [9.17, 15) is 0 Å². The molecule has 0 bridgehead atoms. The zero-order valence-corrected chi connectivity index (χ0v) is 11.0. The second-order valence-electron chi connectivity index (χ2n) is 3.47. The predicted octanol–water partition coefficient (Wildman–Crippen LogP) is 1.67. The Bertz CT molecular complexity index is 410. The maximum absolute atomic E-state index is 3.90. The lowest BCUT2D eigenvalue weighted by atomic mass is 10.2. The number of benzene rings is 1. The molecule has 0 spiro atoms. The number of halogens is 1. The van der Waals surface area contributed by atoms with Crippen LogP contribution in [-0.2, 0) is 13.1 Å². The van der Waals surface area contributed by atoms with Gasteiger partial charge in [0.15, 0.2) is 0 Å². The lowest BCUT2D eigenvalue weighted by Gasteiger charge is -2.04. The average Bonchev–Trinajstić information content (AvgIpc) is 2.80. The second-order valence-corrected chi connectivity index (χ2v) is 4.72. The number of hydrogen-bond donors (Lipinski definition) is 1. The Labute approximate surface area is 108 Å². The van der Waals surface area contributed by atoms with Crippen molar-refractivity contribution in [3.8, 4) is 0 Å². The molecule has 0 unspecified atom stereocenters. The molecule has 1 aromatic carbocycles. The first-order valence-corrected chi connectivity index (χ1v) is 6.22. The summed E-state index contributed by atoms with van der Waals surface area (Å²) >= 11 is 2.31. The second kappa shape index (κ2) is 5.95. The normalized spacial score (nSPS) is 10.6. The first-order chi connectivity index (χ1) is 7.84. The Morgan fingerprint density at radius 2 is 2.06 bits per heavy atom. The van der Waals surface area contributed by atoms with Crippen molar-refractivity contribution in [2.45, 2.75) is 13.1 Å². The first kappa shape index (κ1) is 11.5. The van der Waals surface area contributed by atoms with Crippen LogP contribution in [0.4, 0.5) is 0 Å². The van der Waals surface area contributed by atoms with Crippen molar-refractivity contribution in [1.82, 2.24) is 20.3 Å². The summed E-state index contributed by atoms with van der Waals surface area (Å²) in [6.45, 7) is 2.64. The SMILES string of the molecule is Ic1ccc(CNCCn2ccnn2)cc1. The molecule has 4 nitrogen and oxygen atoms in total. The molecule has 0 amide bonds. The zero-order chi connectivity index (χ0) is 11.2. The third-order valence-corrected chi connectivity index (χ3v) is 2.95. The number of nitrogens with one attached hydrogen (secondary N) is 1. The van der Waals surface area contributed by atoms with Crippen LogP contribution in [0.5, 0.6) is 0 Å². The topological polar surface area (TPSA) is 42.7 Å². The number of nitrogens with zero attached hydrogens (tertiary/aromatic N) is 3. The van der Waals surface area contributed by atoms with E-state index in [1.54, 1.807) is 6.20 Å². The van der Waals surface area contributed by atoms with Crippen molar-refractivity contribution >= 4 is 22.6 Å². The van der Waals surface area contributed by atoms with Gasteiger partial charge in [-0.05, 0) is 40.3 Å². The summed E-state index contributed by atoms with van der Waals surface area (Å²) in [5.41, 5.74) is 1.30. The highest BCUT2D eigenvalue weighted by Gasteiger charge is 1.94. The van der Waals surface area contributed by atoms with E-state index >= 15 is 0 Å². The molecule has 0 saturated carbocycles. The largest absolute Gasteiger partial charge is 0.311 e. The molecule has 84 valence electrons. The van der Waals surface area contributed by atoms with Crippen LogP contribution < -0.4 is 5.32 Å². The van der Waals surface area contributed by atoms with Crippen LogP contribution >= 0.6 is 22.6 Å². The van der Waals surface area contributed by atoms with Gasteiger partial charge in [0.25, 0.3) is 0 Å². The minimum absolute atomic E-state index is 0.852. The van der Waals surface area contributed by atoms with E-state index in [1.165, 1.54) is 9.13 Å². The molecular weight excluding hydrogens is 315 g/mol. The summed E-state index contributed by atoms with van der Waals surface area (Å²) in [6.07, 6.45) is 3.56. The molecule has 1 heterocycles. The Morgan fingerprint density at radius 1 is 1.25 bits per heavy atom. The molecule has 1 N–H and O–H groups in total. The monoisotopic (exact) mass is 328 g/mol. The maximum atomic E-state index is 3.90. The summed E-state index contributed by atoms with van der Waals surface area (Å²) < 4.78 is 3.09. The summed E-state index contributed by atoms with van der Waals surface area (Å²) in [5, 5.41) is 11.0. The summed E-state index contributed by atoms with van der Waals surface area (Å²) in [6, 6.07) is 8.53. The van der Waals surface area contributed by atoms with Crippen LogP contribution in [0.3, 0.4) is 0 Å². The predicted molar refractivity (Wildman–Crippen MR) is 70.9 cm³/mol. The van der Waals surface area contributed by atoms with Crippen molar-refractivity contribution in [2.75, 3.05) is 6.54 Å². The highest BCUT2D eigenvalue weighted by atomic mass is 127. The van der Waals surface area contributed by atoms with Gasteiger partial charge < -0.3 is 5.32 Å². The van der Waals surface area contributed by atoms with Crippen molar-refractivity contribution in [3.63, 3.8) is 0 Å². The standard InChI is InChI=1S/C11H13IN4/c12-11-3-1-10(2-4-11)9-13-5-7-16-8-6-14-15-16/h1-4,6,8,13H,5,7,9H2. The van der Waals surface area contributed by atoms with Gasteiger partial charge in [0.05, 0.1) is 12.7 Å². The average molecular weight is 328 g/mol. The molecule has 1 aromatic heterocycles. The number of aromatic nitrogens is 3. The third kappa shape index (κ3) is 3.57. The zero-order valence-electron chi connectivity index (χ0n) is 8.81. The smallest absolute Gasteiger partial charge is 0.0692 e. The molecule has 0 atom stereocenters. The molecule has 0 aliphatic rings. The fourth-order valence-corrected chi connectivity index (χ4v) is 1.74. The lowest BCUT2D eigenvalue weighted by Crippen LogP contribution is -2.19. The van der Waals surface area contributed by atoms with Gasteiger partial charge in [-0.15, -0.1) is 5.10 Å². The molecule has 0 fully saturated rings. The van der Waals surface area contributed by atoms with Crippen molar-refractivity contribution in [2.24, 2.45) is 0 Å². The quantitative estimate of drug-likeness (QED) is 0.671. The highest BCUT2D eigenvalue weighted by Crippen LogP contribution is 2.06. The van der Waals surface area contributed by atoms with Gasteiger partial charge in [0, 0.05) is 22.9 Å². The van der Waals surface area contributed by atoms with Crippen LogP contribution in [-0.4, -0.2) is 21.5 Å². The van der Waals surface area contributed by atoms with Crippen LogP contribution in [0.1, 0.15) is 5.56 Å².